The van der Waals surface area contributed by atoms with Crippen molar-refractivity contribution in [3.63, 3.8) is 0 Å². The lowest BCUT2D eigenvalue weighted by molar-refractivity contribution is 0.156. The summed E-state index contributed by atoms with van der Waals surface area (Å²) in [6.07, 6.45) is 3.96. The third-order valence-electron chi connectivity index (χ3n) is 4.87. The number of fused-ring (bicyclic) bond motifs is 1. The zero-order valence-electron chi connectivity index (χ0n) is 15.4. The van der Waals surface area contributed by atoms with E-state index in [9.17, 15) is 4.79 Å². The number of amides is 2. The van der Waals surface area contributed by atoms with Crippen molar-refractivity contribution in [1.82, 2.24) is 25.2 Å². The van der Waals surface area contributed by atoms with E-state index in [1.165, 1.54) is 4.80 Å². The minimum atomic E-state index is -0.212. The summed E-state index contributed by atoms with van der Waals surface area (Å²) in [5.41, 5.74) is 2.12. The summed E-state index contributed by atoms with van der Waals surface area (Å²) in [6.45, 7) is 3.50. The van der Waals surface area contributed by atoms with Gasteiger partial charge in [-0.3, -0.25) is 4.90 Å². The van der Waals surface area contributed by atoms with Crippen LogP contribution >= 0.6 is 0 Å². The Morgan fingerprint density at radius 2 is 2.22 bits per heavy atom. The second kappa shape index (κ2) is 7.79. The Labute approximate surface area is 157 Å². The highest BCUT2D eigenvalue weighted by Crippen LogP contribution is 2.20. The number of hydrogen-bond donors (Lipinski definition) is 2. The van der Waals surface area contributed by atoms with E-state index in [1.807, 2.05) is 30.3 Å². The van der Waals surface area contributed by atoms with Gasteiger partial charge in [-0.05, 0) is 49.6 Å². The monoisotopic (exact) mass is 368 g/mol. The van der Waals surface area contributed by atoms with Crippen LogP contribution in [-0.2, 0) is 13.6 Å². The third-order valence-corrected chi connectivity index (χ3v) is 4.87. The molecule has 1 atom stereocenters. The molecule has 1 aliphatic heterocycles. The number of aryl methyl sites for hydroxylation is 1. The van der Waals surface area contributed by atoms with Gasteiger partial charge in [0.25, 0.3) is 0 Å². The lowest BCUT2D eigenvalue weighted by Gasteiger charge is -2.32. The summed E-state index contributed by atoms with van der Waals surface area (Å²) in [5, 5.41) is 14.5. The highest BCUT2D eigenvalue weighted by atomic mass is 16.3. The molecule has 0 spiro atoms. The maximum absolute atomic E-state index is 12.3. The number of nitrogens with zero attached hydrogens (tertiary/aromatic N) is 4. The van der Waals surface area contributed by atoms with Crippen LogP contribution in [0.15, 0.2) is 41.0 Å². The van der Waals surface area contributed by atoms with Gasteiger partial charge in [-0.25, -0.2) is 4.79 Å². The molecule has 2 aromatic heterocycles. The average Bonchev–Trinajstić information content (AvgIpc) is 3.29. The van der Waals surface area contributed by atoms with E-state index < -0.39 is 0 Å². The minimum Gasteiger partial charge on any atom is -0.468 e. The molecule has 3 aromatic rings. The fourth-order valence-electron chi connectivity index (χ4n) is 3.63. The van der Waals surface area contributed by atoms with Crippen molar-refractivity contribution in [2.45, 2.75) is 19.4 Å². The molecular weight excluding hydrogens is 344 g/mol. The number of carbonyl (C=O) groups excluding carboxylic acids is 1. The highest BCUT2D eigenvalue weighted by Gasteiger charge is 2.21. The summed E-state index contributed by atoms with van der Waals surface area (Å²) in [4.78, 5) is 16.2. The molecule has 0 bridgehead atoms. The van der Waals surface area contributed by atoms with E-state index in [4.69, 9.17) is 4.42 Å². The van der Waals surface area contributed by atoms with E-state index in [1.54, 1.807) is 13.3 Å². The fraction of sp³-hybridized carbons (Fsp3) is 0.421. The van der Waals surface area contributed by atoms with Gasteiger partial charge in [-0.15, -0.1) is 0 Å². The molecular formula is C19H24N6O2. The first-order chi connectivity index (χ1) is 13.2. The molecule has 1 aliphatic rings. The summed E-state index contributed by atoms with van der Waals surface area (Å²) in [7, 11) is 1.77. The van der Waals surface area contributed by atoms with Crippen molar-refractivity contribution in [2.24, 2.45) is 13.0 Å². The lowest BCUT2D eigenvalue weighted by atomic mass is 9.98. The van der Waals surface area contributed by atoms with Crippen LogP contribution < -0.4 is 10.6 Å². The van der Waals surface area contributed by atoms with Crippen LogP contribution in [0.3, 0.4) is 0 Å². The molecule has 2 N–H and O–H groups in total. The van der Waals surface area contributed by atoms with Crippen molar-refractivity contribution < 1.29 is 9.21 Å². The van der Waals surface area contributed by atoms with Crippen LogP contribution in [0.5, 0.6) is 0 Å². The topological polar surface area (TPSA) is 88.2 Å². The van der Waals surface area contributed by atoms with Crippen LogP contribution in [0.2, 0.25) is 0 Å². The molecule has 8 nitrogen and oxygen atoms in total. The predicted molar refractivity (Wildman–Crippen MR) is 102 cm³/mol. The molecule has 0 aliphatic carbocycles. The van der Waals surface area contributed by atoms with Gasteiger partial charge in [-0.2, -0.15) is 15.0 Å². The predicted octanol–water partition coefficient (Wildman–Crippen LogP) is 2.60. The number of carbonyl (C=O) groups is 1. The summed E-state index contributed by atoms with van der Waals surface area (Å²) < 4.78 is 5.44. The number of furan rings is 1. The molecule has 142 valence electrons. The molecule has 0 radical (unpaired) electrons. The quantitative estimate of drug-likeness (QED) is 0.723. The van der Waals surface area contributed by atoms with Gasteiger partial charge < -0.3 is 15.1 Å². The second-order valence-corrected chi connectivity index (χ2v) is 7.02. The number of rotatable bonds is 5. The number of benzene rings is 1. The maximum atomic E-state index is 12.3. The SMILES string of the molecule is Cn1nc2cccc(NC(=O)NCC3CCCN(Cc4ccco4)C3)c2n1. The molecule has 1 saturated heterocycles. The van der Waals surface area contributed by atoms with E-state index in [0.717, 1.165) is 43.8 Å². The molecule has 1 unspecified atom stereocenters. The van der Waals surface area contributed by atoms with Crippen molar-refractivity contribution in [3.05, 3.63) is 42.4 Å². The molecule has 4 rings (SSSR count). The summed E-state index contributed by atoms with van der Waals surface area (Å²) >= 11 is 0. The number of urea groups is 1. The zero-order chi connectivity index (χ0) is 18.6. The Morgan fingerprint density at radius 1 is 1.30 bits per heavy atom. The van der Waals surface area contributed by atoms with Gasteiger partial charge in [0.1, 0.15) is 16.8 Å². The average molecular weight is 368 g/mol. The Hall–Kier alpha value is -2.87. The van der Waals surface area contributed by atoms with Crippen molar-refractivity contribution in [1.29, 1.82) is 0 Å². The van der Waals surface area contributed by atoms with Crippen molar-refractivity contribution in [2.75, 3.05) is 25.0 Å². The Balaban J connectivity index is 1.29. The van der Waals surface area contributed by atoms with Crippen LogP contribution in [0.25, 0.3) is 11.0 Å². The van der Waals surface area contributed by atoms with Gasteiger partial charge >= 0.3 is 6.03 Å². The molecule has 27 heavy (non-hydrogen) atoms. The molecule has 3 heterocycles. The molecule has 1 aromatic carbocycles. The van der Waals surface area contributed by atoms with E-state index >= 15 is 0 Å². The highest BCUT2D eigenvalue weighted by molar-refractivity contribution is 5.98. The largest absolute Gasteiger partial charge is 0.468 e. The number of hydrogen-bond acceptors (Lipinski definition) is 5. The first-order valence-electron chi connectivity index (χ1n) is 9.27. The second-order valence-electron chi connectivity index (χ2n) is 7.02. The van der Waals surface area contributed by atoms with Crippen LogP contribution in [0.4, 0.5) is 10.5 Å². The Bertz CT molecular complexity index is 904. The maximum Gasteiger partial charge on any atom is 0.319 e. The van der Waals surface area contributed by atoms with Crippen molar-refractivity contribution >= 4 is 22.8 Å². The number of aromatic nitrogens is 3. The first-order valence-corrected chi connectivity index (χ1v) is 9.27. The third kappa shape index (κ3) is 4.28. The van der Waals surface area contributed by atoms with Crippen LogP contribution in [0.1, 0.15) is 18.6 Å². The zero-order valence-corrected chi connectivity index (χ0v) is 15.4. The van der Waals surface area contributed by atoms with E-state index in [0.29, 0.717) is 23.7 Å². The number of anilines is 1. The standard InChI is InChI=1S/C19H24N6O2/c1-24-22-17-8-2-7-16(18(17)23-24)21-19(26)20-11-14-5-3-9-25(12-14)13-15-6-4-10-27-15/h2,4,6-8,10,14H,3,5,9,11-13H2,1H3,(H2,20,21,26). The Kier molecular flexibility index (Phi) is 5.06. The minimum absolute atomic E-state index is 0.212. The number of likely N-dealkylation sites (tertiary alicyclic amines) is 1. The van der Waals surface area contributed by atoms with Crippen LogP contribution in [-0.4, -0.2) is 45.6 Å². The van der Waals surface area contributed by atoms with E-state index in [2.05, 4.69) is 25.7 Å². The molecule has 2 amide bonds. The molecule has 8 heteroatoms. The van der Waals surface area contributed by atoms with Gasteiger partial charge in [0, 0.05) is 20.1 Å². The normalized spacial score (nSPS) is 17.9. The van der Waals surface area contributed by atoms with Crippen molar-refractivity contribution in [3.8, 4) is 0 Å². The first kappa shape index (κ1) is 17.5. The van der Waals surface area contributed by atoms with Gasteiger partial charge in [0.2, 0.25) is 0 Å². The van der Waals surface area contributed by atoms with Crippen LogP contribution in [0, 0.1) is 5.92 Å². The number of piperidine rings is 1. The van der Waals surface area contributed by atoms with Gasteiger partial charge in [0.15, 0.2) is 0 Å². The summed E-state index contributed by atoms with van der Waals surface area (Å²) in [6, 6.07) is 9.28. The number of nitrogens with one attached hydrogen (secondary N) is 2. The molecule has 1 fully saturated rings. The lowest BCUT2D eigenvalue weighted by Crippen LogP contribution is -2.41. The van der Waals surface area contributed by atoms with E-state index in [-0.39, 0.29) is 6.03 Å². The Morgan fingerprint density at radius 3 is 3.07 bits per heavy atom. The van der Waals surface area contributed by atoms with Gasteiger partial charge in [-0.1, -0.05) is 6.07 Å². The fourth-order valence-corrected chi connectivity index (χ4v) is 3.63. The van der Waals surface area contributed by atoms with Gasteiger partial charge in [0.05, 0.1) is 18.5 Å². The smallest absolute Gasteiger partial charge is 0.319 e. The summed E-state index contributed by atoms with van der Waals surface area (Å²) in [5.74, 6) is 1.42. The molecule has 0 saturated carbocycles.